The highest BCUT2D eigenvalue weighted by atomic mass is 32.1. The number of nitrogens with zero attached hydrogens (tertiary/aromatic N) is 6. The van der Waals surface area contributed by atoms with Gasteiger partial charge in [0, 0.05) is 116 Å². The largest absolute Gasteiger partial charge is 0.310 e. The molecule has 0 spiro atoms. The van der Waals surface area contributed by atoms with E-state index < -0.39 is 24.8 Å². The van der Waals surface area contributed by atoms with Gasteiger partial charge in [-0.05, 0) is 189 Å². The first-order valence-corrected chi connectivity index (χ1v) is 38.2. The molecule has 0 saturated carbocycles. The summed E-state index contributed by atoms with van der Waals surface area (Å²) in [5.74, 6) is 0. The minimum Gasteiger partial charge on any atom is -0.310 e. The minimum atomic E-state index is -0.514. The Morgan fingerprint density at radius 2 is 0.757 bits per heavy atom. The van der Waals surface area contributed by atoms with Crippen molar-refractivity contribution >= 4 is 145 Å². The number of anilines is 12. The van der Waals surface area contributed by atoms with E-state index in [9.17, 15) is 10.7 Å². The van der Waals surface area contributed by atoms with Gasteiger partial charge in [0.25, 0.3) is 6.71 Å². The predicted octanol–water partition coefficient (Wildman–Crippen LogP) is 26.4. The summed E-state index contributed by atoms with van der Waals surface area (Å²) in [7, 11) is 0. The third kappa shape index (κ3) is 10.9. The highest BCUT2D eigenvalue weighted by molar-refractivity contribution is 7.26. The van der Waals surface area contributed by atoms with Crippen LogP contribution in [0.3, 0.4) is 0 Å². The summed E-state index contributed by atoms with van der Waals surface area (Å²) < 4.78 is 51.9. The summed E-state index contributed by atoms with van der Waals surface area (Å²) in [6.07, 6.45) is 0. The maximum atomic E-state index is 10.3. The first-order valence-electron chi connectivity index (χ1n) is 39.9. The van der Waals surface area contributed by atoms with Crippen LogP contribution in [0, 0.1) is 11.3 Å². The number of benzene rings is 17. The normalized spacial score (nSPS) is 12.7. The summed E-state index contributed by atoms with van der Waals surface area (Å²) in [6.45, 7) is -0.514. The first-order chi connectivity index (χ1) is 57.1. The molecular formula is C103H67BN6S. The Balaban J connectivity index is 0.951. The van der Waals surface area contributed by atoms with Crippen molar-refractivity contribution in [1.29, 1.82) is 5.26 Å². The van der Waals surface area contributed by atoms with Gasteiger partial charge in [-0.1, -0.05) is 267 Å². The van der Waals surface area contributed by atoms with Crippen molar-refractivity contribution in [3.8, 4) is 67.4 Å². The molecule has 19 aromatic rings. The van der Waals surface area contributed by atoms with Gasteiger partial charge >= 0.3 is 0 Å². The monoisotopic (exact) mass is 1440 g/mol. The molecule has 21 rings (SSSR count). The zero-order valence-electron chi connectivity index (χ0n) is 65.0. The van der Waals surface area contributed by atoms with E-state index in [0.717, 1.165) is 145 Å². The molecule has 111 heavy (non-hydrogen) atoms. The van der Waals surface area contributed by atoms with Crippen LogP contribution in [0.1, 0.15) is 12.4 Å². The molecule has 2 aromatic heterocycles. The smallest absolute Gasteiger partial charge is 0.252 e. The topological polar surface area (TPSA) is 41.7 Å². The van der Waals surface area contributed by atoms with Crippen LogP contribution in [0.25, 0.3) is 103 Å². The average Bonchev–Trinajstić information content (AvgIpc) is 0.996. The van der Waals surface area contributed by atoms with Crippen molar-refractivity contribution in [2.75, 3.05) is 19.6 Å². The van der Waals surface area contributed by atoms with Gasteiger partial charge in [-0.3, -0.25) is 0 Å². The second-order valence-electron chi connectivity index (χ2n) is 28.2. The number of hydrogen-bond donors (Lipinski definition) is 0. The van der Waals surface area contributed by atoms with Crippen LogP contribution in [0.5, 0.6) is 0 Å². The van der Waals surface area contributed by atoms with E-state index in [1.165, 1.54) is 25.6 Å². The third-order valence-electron chi connectivity index (χ3n) is 22.0. The fourth-order valence-corrected chi connectivity index (χ4v) is 18.4. The van der Waals surface area contributed by atoms with E-state index in [-0.39, 0.29) is 17.8 Å². The van der Waals surface area contributed by atoms with Crippen molar-refractivity contribution < 1.29 is 6.85 Å². The molecule has 0 amide bonds. The molecule has 8 heteroatoms. The van der Waals surface area contributed by atoms with Crippen molar-refractivity contribution in [2.24, 2.45) is 0 Å². The Labute approximate surface area is 656 Å². The quantitative estimate of drug-likeness (QED) is 0.102. The SMILES string of the molecule is [2H]c1c([2H])c([2H])c(N(c2ccccc2)c2ccc3c(c2)N(c2c(-c4ccccc4)cccc2-c2ccccc2)c2cc(-c4ccc5c(c4)c4c6c(ccc4n5-c4ccccc4)sc4ccccc46)cc4c2B3c2ccc(N(c3ccccc3)c3ccc(C#N)cc3)cc2N4c2c(-c3ccccc3)cccc2-c2ccccc2)c([2H])c1[2H]. The highest BCUT2D eigenvalue weighted by Crippen LogP contribution is 2.56. The van der Waals surface area contributed by atoms with E-state index in [2.05, 4.69) is 341 Å². The molecule has 0 N–H and O–H groups in total. The molecule has 0 unspecified atom stereocenters. The lowest BCUT2D eigenvalue weighted by molar-refractivity contribution is 1.18. The average molecular weight is 1440 g/mol. The van der Waals surface area contributed by atoms with Gasteiger partial charge in [-0.15, -0.1) is 11.3 Å². The molecule has 2 aliphatic rings. The lowest BCUT2D eigenvalue weighted by Crippen LogP contribution is -2.61. The number of thiophene rings is 1. The Bertz CT molecular complexity index is 7030. The fourth-order valence-electron chi connectivity index (χ4n) is 17.3. The zero-order chi connectivity index (χ0) is 77.8. The van der Waals surface area contributed by atoms with E-state index in [4.69, 9.17) is 1.37 Å². The van der Waals surface area contributed by atoms with Crippen LogP contribution >= 0.6 is 11.3 Å². The number of aromatic nitrogens is 1. The predicted molar refractivity (Wildman–Crippen MR) is 469 cm³/mol. The van der Waals surface area contributed by atoms with Crippen molar-refractivity contribution in [3.05, 3.63) is 412 Å². The van der Waals surface area contributed by atoms with Gasteiger partial charge in [0.1, 0.15) is 0 Å². The molecule has 0 aliphatic carbocycles. The molecule has 0 radical (unpaired) electrons. The molecule has 0 bridgehead atoms. The molecule has 0 fully saturated rings. The maximum absolute atomic E-state index is 10.3. The second kappa shape index (κ2) is 27.1. The van der Waals surface area contributed by atoms with Crippen molar-refractivity contribution in [2.45, 2.75) is 0 Å². The van der Waals surface area contributed by atoms with Gasteiger partial charge in [-0.25, -0.2) is 0 Å². The summed E-state index contributed by atoms with van der Waals surface area (Å²) in [5, 5.41) is 15.0. The number of fused-ring (bicyclic) bond motifs is 11. The molecule has 4 heterocycles. The van der Waals surface area contributed by atoms with E-state index in [0.29, 0.717) is 16.9 Å². The highest BCUT2D eigenvalue weighted by Gasteiger charge is 2.46. The molecule has 6 nitrogen and oxygen atoms in total. The molecule has 17 aromatic carbocycles. The molecule has 0 atom stereocenters. The number of para-hydroxylation sites is 6. The molecular weight excluding hydrogens is 1360 g/mol. The van der Waals surface area contributed by atoms with Gasteiger partial charge in [0.2, 0.25) is 0 Å². The van der Waals surface area contributed by atoms with Gasteiger partial charge < -0.3 is 24.2 Å². The molecule has 2 aliphatic heterocycles. The fraction of sp³-hybridized carbons (Fsp3) is 0. The lowest BCUT2D eigenvalue weighted by atomic mass is 9.33. The summed E-state index contributed by atoms with van der Waals surface area (Å²) in [4.78, 5) is 9.18. The van der Waals surface area contributed by atoms with Gasteiger partial charge in [-0.2, -0.15) is 5.26 Å². The first kappa shape index (κ1) is 59.6. The maximum Gasteiger partial charge on any atom is 0.252 e. The van der Waals surface area contributed by atoms with Crippen LogP contribution in [0.15, 0.2) is 406 Å². The van der Waals surface area contributed by atoms with E-state index >= 15 is 0 Å². The summed E-state index contributed by atoms with van der Waals surface area (Å²) >= 11 is 1.82. The Kier molecular flexibility index (Phi) is 14.5. The van der Waals surface area contributed by atoms with Crippen LogP contribution < -0.4 is 36.0 Å². The van der Waals surface area contributed by atoms with Crippen molar-refractivity contribution in [3.63, 3.8) is 0 Å². The Hall–Kier alpha value is -14.5. The number of nitriles is 1. The van der Waals surface area contributed by atoms with Crippen molar-refractivity contribution in [1.82, 2.24) is 4.57 Å². The summed E-state index contributed by atoms with van der Waals surface area (Å²) in [6, 6.07) is 134. The van der Waals surface area contributed by atoms with Crippen LogP contribution in [0.2, 0.25) is 0 Å². The minimum absolute atomic E-state index is 0.0172. The van der Waals surface area contributed by atoms with Gasteiger partial charge in [0.05, 0.1) is 40.9 Å². The summed E-state index contributed by atoms with van der Waals surface area (Å²) in [5.41, 5.74) is 26.1. The van der Waals surface area contributed by atoms with Gasteiger partial charge in [0.15, 0.2) is 0 Å². The van der Waals surface area contributed by atoms with Crippen LogP contribution in [-0.4, -0.2) is 11.3 Å². The molecule has 518 valence electrons. The lowest BCUT2D eigenvalue weighted by Gasteiger charge is -2.46. The third-order valence-corrected chi connectivity index (χ3v) is 23.2. The van der Waals surface area contributed by atoms with Crippen LogP contribution in [-0.2, 0) is 0 Å². The number of hydrogen-bond acceptors (Lipinski definition) is 6. The Morgan fingerprint density at radius 3 is 1.26 bits per heavy atom. The van der Waals surface area contributed by atoms with E-state index in [1.807, 2.05) is 76.9 Å². The Morgan fingerprint density at radius 1 is 0.315 bits per heavy atom. The zero-order valence-corrected chi connectivity index (χ0v) is 60.8. The molecule has 0 saturated heterocycles. The van der Waals surface area contributed by atoms with E-state index in [1.54, 1.807) is 0 Å². The second-order valence-corrected chi connectivity index (χ2v) is 29.3. The standard InChI is InChI=1S/C103H67BN6S/c105-68-69-51-54-80(55-52-69)107(78-41-21-7-22-42-78)82-57-59-90-94(67-82)110(103-85(72-33-13-3-14-34-72)48-28-49-86(103)73-35-15-4-16-36-73)96-65-75(74-53-60-91-88(63-74)99-92(108(91)79-43-23-8-24-44-79)61-62-98-100(99)87-45-25-26-50-97(87)111-98)64-95-101(96)104(90)89-58-56-81(106(76-37-17-5-18-38-76)77-39-19-6-20-40-77)66-93(89)109(95)102-83(70-29-9-1-10-30-70)46-27-47-84(102)71-31-11-2-12-32-71/h1-67H/i5D,17D,18D,37D,38D. The number of rotatable bonds is 14. The van der Waals surface area contributed by atoms with Crippen LogP contribution in [0.4, 0.5) is 68.2 Å².